The van der Waals surface area contributed by atoms with Gasteiger partial charge in [-0.2, -0.15) is 5.26 Å². The maximum atomic E-state index is 8.98. The zero-order chi connectivity index (χ0) is 16.1. The summed E-state index contributed by atoms with van der Waals surface area (Å²) in [4.78, 5) is 2.22. The summed E-state index contributed by atoms with van der Waals surface area (Å²) in [5.41, 5.74) is 1.81. The van der Waals surface area contributed by atoms with Crippen LogP contribution in [0.15, 0.2) is 29.4 Å². The Morgan fingerprint density at radius 3 is 2.87 bits per heavy atom. The van der Waals surface area contributed by atoms with Gasteiger partial charge in [0.25, 0.3) is 0 Å². The molecule has 0 bridgehead atoms. The molecule has 1 fully saturated rings. The molecule has 1 aromatic carbocycles. The van der Waals surface area contributed by atoms with Gasteiger partial charge in [-0.1, -0.05) is 23.9 Å². The number of benzene rings is 1. The van der Waals surface area contributed by atoms with Crippen LogP contribution in [0.5, 0.6) is 0 Å². The van der Waals surface area contributed by atoms with Crippen LogP contribution in [0.1, 0.15) is 18.1 Å². The maximum absolute atomic E-state index is 8.98. The molecule has 23 heavy (non-hydrogen) atoms. The first-order chi connectivity index (χ1) is 11.3. The fraction of sp³-hybridized carbons (Fsp3) is 0.438. The van der Waals surface area contributed by atoms with Crippen LogP contribution in [0.4, 0.5) is 5.95 Å². The molecular weight excluding hydrogens is 310 g/mol. The topological polar surface area (TPSA) is 67.0 Å². The van der Waals surface area contributed by atoms with E-state index in [0.717, 1.165) is 55.3 Å². The van der Waals surface area contributed by atoms with Crippen LogP contribution in [0.3, 0.4) is 0 Å². The summed E-state index contributed by atoms with van der Waals surface area (Å²) in [7, 11) is 0. The third kappa shape index (κ3) is 3.66. The third-order valence-corrected chi connectivity index (χ3v) is 4.77. The average molecular weight is 329 g/mol. The highest BCUT2D eigenvalue weighted by molar-refractivity contribution is 7.98. The molecule has 1 saturated heterocycles. The van der Waals surface area contributed by atoms with Crippen molar-refractivity contribution < 1.29 is 4.74 Å². The van der Waals surface area contributed by atoms with E-state index in [0.29, 0.717) is 5.56 Å². The number of anilines is 1. The molecule has 0 N–H and O–H groups in total. The fourth-order valence-corrected chi connectivity index (χ4v) is 3.48. The van der Waals surface area contributed by atoms with Crippen molar-refractivity contribution in [3.05, 3.63) is 35.4 Å². The van der Waals surface area contributed by atoms with E-state index in [1.54, 1.807) is 11.8 Å². The number of rotatable bonds is 5. The van der Waals surface area contributed by atoms with Crippen LogP contribution < -0.4 is 4.90 Å². The summed E-state index contributed by atoms with van der Waals surface area (Å²) in [6, 6.07) is 9.86. The molecule has 120 valence electrons. The van der Waals surface area contributed by atoms with Crippen molar-refractivity contribution in [3.63, 3.8) is 0 Å². The minimum Gasteiger partial charge on any atom is -0.378 e. The van der Waals surface area contributed by atoms with Gasteiger partial charge in [0.1, 0.15) is 0 Å². The Balaban J connectivity index is 1.72. The first-order valence-electron chi connectivity index (χ1n) is 7.69. The van der Waals surface area contributed by atoms with Gasteiger partial charge in [-0.05, 0) is 24.6 Å². The van der Waals surface area contributed by atoms with E-state index >= 15 is 0 Å². The van der Waals surface area contributed by atoms with Gasteiger partial charge in [0.05, 0.1) is 24.8 Å². The van der Waals surface area contributed by atoms with Crippen molar-refractivity contribution in [2.24, 2.45) is 0 Å². The molecule has 6 nitrogen and oxygen atoms in total. The Labute approximate surface area is 140 Å². The summed E-state index contributed by atoms with van der Waals surface area (Å²) in [5.74, 6) is 1.70. The molecule has 2 heterocycles. The van der Waals surface area contributed by atoms with Crippen LogP contribution in [0.25, 0.3) is 0 Å². The lowest BCUT2D eigenvalue weighted by Crippen LogP contribution is -2.38. The zero-order valence-corrected chi connectivity index (χ0v) is 13.9. The van der Waals surface area contributed by atoms with Crippen molar-refractivity contribution in [2.45, 2.75) is 24.4 Å². The van der Waals surface area contributed by atoms with Crippen LogP contribution in [0.2, 0.25) is 0 Å². The molecule has 0 unspecified atom stereocenters. The highest BCUT2D eigenvalue weighted by atomic mass is 32.2. The largest absolute Gasteiger partial charge is 0.378 e. The van der Waals surface area contributed by atoms with Crippen LogP contribution >= 0.6 is 11.8 Å². The zero-order valence-electron chi connectivity index (χ0n) is 13.1. The number of hydrogen-bond donors (Lipinski definition) is 0. The minimum absolute atomic E-state index is 0.689. The lowest BCUT2D eigenvalue weighted by atomic mass is 10.2. The quantitative estimate of drug-likeness (QED) is 0.784. The molecule has 0 radical (unpaired) electrons. The average Bonchev–Trinajstić information content (AvgIpc) is 3.04. The van der Waals surface area contributed by atoms with Gasteiger partial charge in [0.2, 0.25) is 5.95 Å². The highest BCUT2D eigenvalue weighted by Gasteiger charge is 2.19. The van der Waals surface area contributed by atoms with Gasteiger partial charge in [-0.3, -0.25) is 4.57 Å². The SMILES string of the molecule is CCn1c(SCc2cccc(C#N)c2)nnc1N1CCOCC1. The van der Waals surface area contributed by atoms with E-state index in [4.69, 9.17) is 10.00 Å². The first-order valence-corrected chi connectivity index (χ1v) is 8.68. The molecule has 1 aliphatic heterocycles. The molecule has 7 heteroatoms. The molecule has 0 amide bonds. The van der Waals surface area contributed by atoms with E-state index in [1.807, 2.05) is 24.3 Å². The summed E-state index contributed by atoms with van der Waals surface area (Å²) in [5, 5.41) is 18.6. The lowest BCUT2D eigenvalue weighted by molar-refractivity contribution is 0.121. The predicted octanol–water partition coefficient (Wildman–Crippen LogP) is 2.30. The smallest absolute Gasteiger partial charge is 0.228 e. The number of nitrogens with zero attached hydrogens (tertiary/aromatic N) is 5. The molecule has 0 spiro atoms. The fourth-order valence-electron chi connectivity index (χ4n) is 2.54. The number of hydrogen-bond acceptors (Lipinski definition) is 6. The molecule has 0 atom stereocenters. The molecule has 0 saturated carbocycles. The Morgan fingerprint density at radius 1 is 1.30 bits per heavy atom. The van der Waals surface area contributed by atoms with Gasteiger partial charge in [-0.15, -0.1) is 10.2 Å². The predicted molar refractivity (Wildman–Crippen MR) is 89.4 cm³/mol. The van der Waals surface area contributed by atoms with E-state index in [1.165, 1.54) is 0 Å². The van der Waals surface area contributed by atoms with E-state index < -0.39 is 0 Å². The number of thioether (sulfide) groups is 1. The Kier molecular flexibility index (Phi) is 5.16. The van der Waals surface area contributed by atoms with Crippen LogP contribution in [-0.4, -0.2) is 41.1 Å². The number of nitriles is 1. The second-order valence-electron chi connectivity index (χ2n) is 5.23. The second-order valence-corrected chi connectivity index (χ2v) is 6.17. The molecular formula is C16H19N5OS. The van der Waals surface area contributed by atoms with E-state index in [-0.39, 0.29) is 0 Å². The summed E-state index contributed by atoms with van der Waals surface area (Å²) in [6.45, 7) is 6.12. The number of ether oxygens (including phenoxy) is 1. The Morgan fingerprint density at radius 2 is 2.13 bits per heavy atom. The normalized spacial score (nSPS) is 14.7. The molecule has 3 rings (SSSR count). The number of morpholine rings is 1. The van der Waals surface area contributed by atoms with E-state index in [2.05, 4.69) is 32.7 Å². The monoisotopic (exact) mass is 329 g/mol. The molecule has 1 aliphatic rings. The maximum Gasteiger partial charge on any atom is 0.228 e. The minimum atomic E-state index is 0.689. The number of aromatic nitrogens is 3. The standard InChI is InChI=1S/C16H19N5OS/c1-2-21-15(20-6-8-22-9-7-20)18-19-16(21)23-12-14-5-3-4-13(10-14)11-17/h3-5,10H,2,6-9,12H2,1H3. The summed E-state index contributed by atoms with van der Waals surface area (Å²) >= 11 is 1.65. The van der Waals surface area contributed by atoms with Crippen molar-refractivity contribution in [1.29, 1.82) is 5.26 Å². The first kappa shape index (κ1) is 15.8. The van der Waals surface area contributed by atoms with Crippen molar-refractivity contribution >= 4 is 17.7 Å². The lowest BCUT2D eigenvalue weighted by Gasteiger charge is -2.27. The van der Waals surface area contributed by atoms with Crippen LogP contribution in [-0.2, 0) is 17.0 Å². The second kappa shape index (κ2) is 7.49. The van der Waals surface area contributed by atoms with Crippen molar-refractivity contribution in [1.82, 2.24) is 14.8 Å². The Bertz CT molecular complexity index is 703. The summed E-state index contributed by atoms with van der Waals surface area (Å²) < 4.78 is 7.54. The van der Waals surface area contributed by atoms with Gasteiger partial charge in [0.15, 0.2) is 5.16 Å². The third-order valence-electron chi connectivity index (χ3n) is 3.73. The highest BCUT2D eigenvalue weighted by Crippen LogP contribution is 2.25. The van der Waals surface area contributed by atoms with Gasteiger partial charge >= 0.3 is 0 Å². The molecule has 1 aromatic heterocycles. The summed E-state index contributed by atoms with van der Waals surface area (Å²) in [6.07, 6.45) is 0. The van der Waals surface area contributed by atoms with E-state index in [9.17, 15) is 0 Å². The van der Waals surface area contributed by atoms with Crippen molar-refractivity contribution in [3.8, 4) is 6.07 Å². The van der Waals surface area contributed by atoms with Gasteiger partial charge in [0, 0.05) is 25.4 Å². The van der Waals surface area contributed by atoms with Crippen LogP contribution in [0, 0.1) is 11.3 Å². The Hall–Kier alpha value is -2.04. The van der Waals surface area contributed by atoms with Crippen molar-refractivity contribution in [2.75, 3.05) is 31.2 Å². The van der Waals surface area contributed by atoms with Gasteiger partial charge < -0.3 is 9.64 Å². The van der Waals surface area contributed by atoms with Gasteiger partial charge in [-0.25, -0.2) is 0 Å². The molecule has 2 aromatic rings. The molecule has 0 aliphatic carbocycles.